The van der Waals surface area contributed by atoms with E-state index < -0.39 is 0 Å². The van der Waals surface area contributed by atoms with E-state index in [9.17, 15) is 0 Å². The normalized spacial score (nSPS) is 19.9. The quantitative estimate of drug-likeness (QED) is 0.906. The van der Waals surface area contributed by atoms with Crippen LogP contribution in [0.5, 0.6) is 0 Å². The molecule has 4 nitrogen and oxygen atoms in total. The van der Waals surface area contributed by atoms with Gasteiger partial charge in [-0.05, 0) is 33.2 Å². The van der Waals surface area contributed by atoms with Crippen LogP contribution in [0.15, 0.2) is 6.20 Å². The van der Waals surface area contributed by atoms with Gasteiger partial charge in [0.05, 0.1) is 5.69 Å². The molecule has 21 heavy (non-hydrogen) atoms. The standard InChI is InChI=1S/C17H32N4/c1-13(2)21(12-15-8-7-9-18-15)11-14-10-20(6)19-16(14)17(3,4)5/h10,13,15,18H,7-9,11-12H2,1-6H3. The van der Waals surface area contributed by atoms with E-state index in [-0.39, 0.29) is 5.41 Å². The van der Waals surface area contributed by atoms with Gasteiger partial charge in [0.15, 0.2) is 0 Å². The van der Waals surface area contributed by atoms with Gasteiger partial charge in [-0.1, -0.05) is 20.8 Å². The molecule has 1 saturated heterocycles. The van der Waals surface area contributed by atoms with Crippen molar-refractivity contribution in [3.05, 3.63) is 17.5 Å². The van der Waals surface area contributed by atoms with Crippen molar-refractivity contribution in [3.63, 3.8) is 0 Å². The molecule has 0 saturated carbocycles. The molecule has 2 heterocycles. The minimum atomic E-state index is 0.102. The number of aryl methyl sites for hydroxylation is 1. The van der Waals surface area contributed by atoms with Gasteiger partial charge in [0.1, 0.15) is 0 Å². The molecule has 2 rings (SSSR count). The lowest BCUT2D eigenvalue weighted by atomic mass is 9.89. The zero-order valence-electron chi connectivity index (χ0n) is 14.6. The van der Waals surface area contributed by atoms with Gasteiger partial charge in [-0.2, -0.15) is 5.10 Å². The van der Waals surface area contributed by atoms with E-state index in [1.54, 1.807) is 0 Å². The summed E-state index contributed by atoms with van der Waals surface area (Å²) in [7, 11) is 2.02. The lowest BCUT2D eigenvalue weighted by Gasteiger charge is -2.30. The Morgan fingerprint density at radius 1 is 1.43 bits per heavy atom. The van der Waals surface area contributed by atoms with E-state index in [2.05, 4.69) is 51.0 Å². The van der Waals surface area contributed by atoms with Crippen molar-refractivity contribution >= 4 is 0 Å². The van der Waals surface area contributed by atoms with E-state index in [1.807, 2.05) is 11.7 Å². The Hall–Kier alpha value is -0.870. The van der Waals surface area contributed by atoms with E-state index in [0.29, 0.717) is 12.1 Å². The maximum atomic E-state index is 4.70. The minimum absolute atomic E-state index is 0.102. The molecule has 1 N–H and O–H groups in total. The molecule has 120 valence electrons. The van der Waals surface area contributed by atoms with Crippen molar-refractivity contribution < 1.29 is 0 Å². The highest BCUT2D eigenvalue weighted by atomic mass is 15.3. The molecule has 1 atom stereocenters. The third kappa shape index (κ3) is 4.30. The van der Waals surface area contributed by atoms with E-state index in [4.69, 9.17) is 5.10 Å². The van der Waals surface area contributed by atoms with Crippen LogP contribution in [0.1, 0.15) is 58.7 Å². The monoisotopic (exact) mass is 292 g/mol. The van der Waals surface area contributed by atoms with Crippen molar-refractivity contribution in [2.24, 2.45) is 7.05 Å². The highest BCUT2D eigenvalue weighted by Gasteiger charge is 2.25. The molecule has 0 amide bonds. The molecular formula is C17H32N4. The lowest BCUT2D eigenvalue weighted by molar-refractivity contribution is 0.193. The number of rotatable bonds is 5. The van der Waals surface area contributed by atoms with Crippen molar-refractivity contribution in [3.8, 4) is 0 Å². The molecule has 1 aliphatic heterocycles. The molecule has 1 aromatic heterocycles. The lowest BCUT2D eigenvalue weighted by Crippen LogP contribution is -2.41. The Labute approximate surface area is 129 Å². The van der Waals surface area contributed by atoms with E-state index >= 15 is 0 Å². The first-order valence-electron chi connectivity index (χ1n) is 8.28. The molecule has 0 radical (unpaired) electrons. The van der Waals surface area contributed by atoms with Crippen molar-refractivity contribution in [2.45, 2.75) is 71.5 Å². The Kier molecular flexibility index (Phi) is 5.10. The topological polar surface area (TPSA) is 33.1 Å². The highest BCUT2D eigenvalue weighted by Crippen LogP contribution is 2.26. The fraction of sp³-hybridized carbons (Fsp3) is 0.824. The molecule has 1 fully saturated rings. The molecule has 1 aliphatic rings. The Morgan fingerprint density at radius 3 is 2.67 bits per heavy atom. The zero-order chi connectivity index (χ0) is 15.6. The first-order chi connectivity index (χ1) is 9.77. The third-order valence-corrected chi connectivity index (χ3v) is 4.34. The fourth-order valence-electron chi connectivity index (χ4n) is 3.16. The van der Waals surface area contributed by atoms with Gasteiger partial charge in [-0.3, -0.25) is 9.58 Å². The van der Waals surface area contributed by atoms with Gasteiger partial charge in [0.25, 0.3) is 0 Å². The minimum Gasteiger partial charge on any atom is -0.313 e. The first-order valence-corrected chi connectivity index (χ1v) is 8.28. The van der Waals surface area contributed by atoms with Gasteiger partial charge in [0, 0.05) is 49.4 Å². The van der Waals surface area contributed by atoms with Crippen molar-refractivity contribution in [2.75, 3.05) is 13.1 Å². The highest BCUT2D eigenvalue weighted by molar-refractivity contribution is 5.24. The van der Waals surface area contributed by atoms with Gasteiger partial charge < -0.3 is 5.32 Å². The van der Waals surface area contributed by atoms with Crippen LogP contribution in [0.2, 0.25) is 0 Å². The summed E-state index contributed by atoms with van der Waals surface area (Å²) in [6.45, 7) is 14.6. The Bertz CT molecular complexity index is 450. The second kappa shape index (κ2) is 6.49. The maximum absolute atomic E-state index is 4.70. The summed E-state index contributed by atoms with van der Waals surface area (Å²) >= 11 is 0. The summed E-state index contributed by atoms with van der Waals surface area (Å²) in [6, 6.07) is 1.21. The fourth-order valence-corrected chi connectivity index (χ4v) is 3.16. The molecule has 0 aliphatic carbocycles. The van der Waals surface area contributed by atoms with Crippen LogP contribution in [0.25, 0.3) is 0 Å². The predicted molar refractivity (Wildman–Crippen MR) is 88.5 cm³/mol. The molecular weight excluding hydrogens is 260 g/mol. The zero-order valence-corrected chi connectivity index (χ0v) is 14.6. The second-order valence-electron chi connectivity index (χ2n) is 7.74. The summed E-state index contributed by atoms with van der Waals surface area (Å²) in [5.41, 5.74) is 2.71. The first kappa shape index (κ1) is 16.5. The van der Waals surface area contributed by atoms with Crippen LogP contribution in [0.4, 0.5) is 0 Å². The van der Waals surface area contributed by atoms with Crippen LogP contribution in [-0.4, -0.2) is 39.9 Å². The average Bonchev–Trinajstić information content (AvgIpc) is 2.97. The van der Waals surface area contributed by atoms with Crippen LogP contribution < -0.4 is 5.32 Å². The Morgan fingerprint density at radius 2 is 2.14 bits per heavy atom. The van der Waals surface area contributed by atoms with Crippen LogP contribution >= 0.6 is 0 Å². The molecule has 0 spiro atoms. The largest absolute Gasteiger partial charge is 0.313 e. The van der Waals surface area contributed by atoms with Crippen LogP contribution in [-0.2, 0) is 19.0 Å². The van der Waals surface area contributed by atoms with E-state index in [0.717, 1.165) is 13.1 Å². The summed E-state index contributed by atoms with van der Waals surface area (Å²) in [5, 5.41) is 8.32. The van der Waals surface area contributed by atoms with Gasteiger partial charge in [-0.25, -0.2) is 0 Å². The molecule has 0 aromatic carbocycles. The number of hydrogen-bond donors (Lipinski definition) is 1. The van der Waals surface area contributed by atoms with Crippen molar-refractivity contribution in [1.29, 1.82) is 0 Å². The molecule has 4 heteroatoms. The van der Waals surface area contributed by atoms with Gasteiger partial charge >= 0.3 is 0 Å². The Balaban J connectivity index is 2.13. The number of nitrogens with one attached hydrogen (secondary N) is 1. The summed E-state index contributed by atoms with van der Waals surface area (Å²) in [5.74, 6) is 0. The van der Waals surface area contributed by atoms with Crippen LogP contribution in [0, 0.1) is 0 Å². The van der Waals surface area contributed by atoms with Gasteiger partial charge in [0.2, 0.25) is 0 Å². The summed E-state index contributed by atoms with van der Waals surface area (Å²) in [6.07, 6.45) is 4.82. The van der Waals surface area contributed by atoms with Crippen LogP contribution in [0.3, 0.4) is 0 Å². The number of aromatic nitrogens is 2. The third-order valence-electron chi connectivity index (χ3n) is 4.34. The predicted octanol–water partition coefficient (Wildman–Crippen LogP) is 2.68. The number of hydrogen-bond acceptors (Lipinski definition) is 3. The second-order valence-corrected chi connectivity index (χ2v) is 7.74. The maximum Gasteiger partial charge on any atom is 0.0722 e. The smallest absolute Gasteiger partial charge is 0.0722 e. The van der Waals surface area contributed by atoms with Crippen molar-refractivity contribution in [1.82, 2.24) is 20.0 Å². The molecule has 1 aromatic rings. The summed E-state index contributed by atoms with van der Waals surface area (Å²) < 4.78 is 1.96. The average molecular weight is 292 g/mol. The van der Waals surface area contributed by atoms with E-state index in [1.165, 1.54) is 30.6 Å². The molecule has 1 unspecified atom stereocenters. The number of nitrogens with zero attached hydrogens (tertiary/aromatic N) is 3. The molecule has 0 bridgehead atoms. The SMILES string of the molecule is CC(C)N(Cc1cn(C)nc1C(C)(C)C)CC1CCCN1. The van der Waals surface area contributed by atoms with Gasteiger partial charge in [-0.15, -0.1) is 0 Å². The summed E-state index contributed by atoms with van der Waals surface area (Å²) in [4.78, 5) is 2.58.